The molecule has 0 spiro atoms. The van der Waals surface area contributed by atoms with Crippen molar-refractivity contribution in [3.05, 3.63) is 72.1 Å². The number of guanidine groups is 1. The van der Waals surface area contributed by atoms with Crippen molar-refractivity contribution in [3.63, 3.8) is 0 Å². The molecule has 3 rings (SSSR count). The number of nitrogens with zero attached hydrogens (tertiary/aromatic N) is 3. The first-order chi connectivity index (χ1) is 15.6. The van der Waals surface area contributed by atoms with Gasteiger partial charge in [-0.2, -0.15) is 13.9 Å². The first kappa shape index (κ1) is 26.4. The number of alkyl halides is 2. The summed E-state index contributed by atoms with van der Waals surface area (Å²) in [6.07, 6.45) is 4.56. The molecule has 1 heterocycles. The number of rotatable bonds is 10. The van der Waals surface area contributed by atoms with Gasteiger partial charge in [-0.25, -0.2) is 4.68 Å². The zero-order valence-electron chi connectivity index (χ0n) is 18.5. The van der Waals surface area contributed by atoms with Crippen molar-refractivity contribution < 1.29 is 18.3 Å². The van der Waals surface area contributed by atoms with Crippen molar-refractivity contribution in [2.75, 3.05) is 20.2 Å². The number of nitrogens with one attached hydrogen (secondary N) is 2. The van der Waals surface area contributed by atoms with E-state index >= 15 is 0 Å². The minimum atomic E-state index is -2.94. The van der Waals surface area contributed by atoms with E-state index in [0.717, 1.165) is 17.7 Å². The van der Waals surface area contributed by atoms with Crippen LogP contribution in [0.2, 0.25) is 0 Å². The second-order valence-electron chi connectivity index (χ2n) is 6.79. The molecule has 1 aromatic heterocycles. The summed E-state index contributed by atoms with van der Waals surface area (Å²) in [4.78, 5) is 4.19. The van der Waals surface area contributed by atoms with Gasteiger partial charge in [0.1, 0.15) is 0 Å². The number of halogens is 3. The van der Waals surface area contributed by atoms with Crippen molar-refractivity contribution in [1.82, 2.24) is 20.4 Å². The van der Waals surface area contributed by atoms with Gasteiger partial charge in [-0.3, -0.25) is 4.99 Å². The molecule has 0 aliphatic heterocycles. The molecule has 0 bridgehead atoms. The van der Waals surface area contributed by atoms with Crippen LogP contribution in [-0.4, -0.2) is 42.6 Å². The van der Waals surface area contributed by atoms with Crippen molar-refractivity contribution in [2.24, 2.45) is 4.99 Å². The third-order valence-corrected chi connectivity index (χ3v) is 4.60. The topological polar surface area (TPSA) is 72.7 Å². The van der Waals surface area contributed by atoms with Gasteiger partial charge < -0.3 is 20.1 Å². The van der Waals surface area contributed by atoms with Crippen LogP contribution in [-0.2, 0) is 13.0 Å². The van der Waals surface area contributed by atoms with Gasteiger partial charge in [0, 0.05) is 31.9 Å². The molecular formula is C23H28F2IN5O2. The molecule has 0 saturated heterocycles. The van der Waals surface area contributed by atoms with Crippen LogP contribution in [0, 0.1) is 0 Å². The Morgan fingerprint density at radius 1 is 1.12 bits per heavy atom. The number of para-hydroxylation sites is 2. The molecule has 0 saturated carbocycles. The van der Waals surface area contributed by atoms with Crippen molar-refractivity contribution in [2.45, 2.75) is 26.5 Å². The van der Waals surface area contributed by atoms with Gasteiger partial charge in [0.15, 0.2) is 17.5 Å². The van der Waals surface area contributed by atoms with Crippen molar-refractivity contribution in [1.29, 1.82) is 0 Å². The minimum absolute atomic E-state index is 0. The second-order valence-corrected chi connectivity index (χ2v) is 6.79. The molecule has 2 aromatic carbocycles. The zero-order valence-corrected chi connectivity index (χ0v) is 20.8. The highest BCUT2D eigenvalue weighted by atomic mass is 127. The SMILES string of the molecule is CCOc1cccc(CNC(=NC)NCCc2cnn(-c3ccccc3)c2)c1OC(F)F.I. The quantitative estimate of drug-likeness (QED) is 0.215. The van der Waals surface area contributed by atoms with Gasteiger partial charge in [0.2, 0.25) is 0 Å². The highest BCUT2D eigenvalue weighted by Crippen LogP contribution is 2.32. The average molecular weight is 571 g/mol. The molecule has 0 amide bonds. The summed E-state index contributed by atoms with van der Waals surface area (Å²) >= 11 is 0. The van der Waals surface area contributed by atoms with Crippen LogP contribution in [0.25, 0.3) is 5.69 Å². The summed E-state index contributed by atoms with van der Waals surface area (Å²) in [5, 5.41) is 10.7. The first-order valence-electron chi connectivity index (χ1n) is 10.3. The van der Waals surface area contributed by atoms with Crippen molar-refractivity contribution >= 4 is 29.9 Å². The van der Waals surface area contributed by atoms with Gasteiger partial charge in [-0.15, -0.1) is 24.0 Å². The highest BCUT2D eigenvalue weighted by Gasteiger charge is 2.16. The molecule has 178 valence electrons. The lowest BCUT2D eigenvalue weighted by atomic mass is 10.2. The fourth-order valence-electron chi connectivity index (χ4n) is 3.13. The molecule has 0 atom stereocenters. The lowest BCUT2D eigenvalue weighted by Crippen LogP contribution is -2.38. The number of hydrogen-bond donors (Lipinski definition) is 2. The van der Waals surface area contributed by atoms with Crippen LogP contribution in [0.5, 0.6) is 11.5 Å². The molecule has 0 fully saturated rings. The standard InChI is InChI=1S/C23H27F2N5O2.HI/c1-3-31-20-11-7-8-18(21(20)32-22(24)25)15-28-23(26-2)27-13-12-17-14-29-30(16-17)19-9-5-4-6-10-19;/h4-11,14,16,22H,3,12-13,15H2,1-2H3,(H2,26,27,28);1H. The van der Waals surface area contributed by atoms with Gasteiger partial charge in [-0.1, -0.05) is 30.3 Å². The summed E-state index contributed by atoms with van der Waals surface area (Å²) in [6, 6.07) is 14.9. The Balaban J connectivity index is 0.00000385. The summed E-state index contributed by atoms with van der Waals surface area (Å²) in [6.45, 7) is 0.0609. The number of hydrogen-bond acceptors (Lipinski definition) is 4. The predicted octanol–water partition coefficient (Wildman–Crippen LogP) is 4.40. The van der Waals surface area contributed by atoms with E-state index in [4.69, 9.17) is 9.47 Å². The van der Waals surface area contributed by atoms with Gasteiger partial charge in [-0.05, 0) is 37.1 Å². The molecule has 0 unspecified atom stereocenters. The second kappa shape index (κ2) is 13.6. The average Bonchev–Trinajstić information content (AvgIpc) is 3.27. The normalized spacial score (nSPS) is 11.1. The molecule has 0 radical (unpaired) electrons. The maximum Gasteiger partial charge on any atom is 0.387 e. The number of ether oxygens (including phenoxy) is 2. The van der Waals surface area contributed by atoms with Crippen LogP contribution < -0.4 is 20.1 Å². The van der Waals surface area contributed by atoms with Gasteiger partial charge in [0.05, 0.1) is 18.5 Å². The Labute approximate surface area is 209 Å². The van der Waals surface area contributed by atoms with Gasteiger partial charge >= 0.3 is 6.61 Å². The summed E-state index contributed by atoms with van der Waals surface area (Å²) < 4.78 is 37.7. The van der Waals surface area contributed by atoms with E-state index in [1.807, 2.05) is 47.4 Å². The molecular weight excluding hydrogens is 543 g/mol. The molecule has 33 heavy (non-hydrogen) atoms. The Morgan fingerprint density at radius 3 is 2.61 bits per heavy atom. The maximum absolute atomic E-state index is 12.9. The van der Waals surface area contributed by atoms with E-state index in [1.54, 1.807) is 32.2 Å². The van der Waals surface area contributed by atoms with Crippen LogP contribution in [0.3, 0.4) is 0 Å². The number of aliphatic imine (C=N–C) groups is 1. The fraction of sp³-hybridized carbons (Fsp3) is 0.304. The lowest BCUT2D eigenvalue weighted by Gasteiger charge is -2.17. The van der Waals surface area contributed by atoms with E-state index in [-0.39, 0.29) is 42.0 Å². The third kappa shape index (κ3) is 7.88. The van der Waals surface area contributed by atoms with Crippen LogP contribution in [0.4, 0.5) is 8.78 Å². The molecule has 10 heteroatoms. The lowest BCUT2D eigenvalue weighted by molar-refractivity contribution is -0.0520. The van der Waals surface area contributed by atoms with E-state index in [2.05, 4.69) is 20.7 Å². The van der Waals surface area contributed by atoms with Gasteiger partial charge in [0.25, 0.3) is 0 Å². The summed E-state index contributed by atoms with van der Waals surface area (Å²) in [5.41, 5.74) is 2.62. The number of benzene rings is 2. The van der Waals surface area contributed by atoms with E-state index in [9.17, 15) is 8.78 Å². The first-order valence-corrected chi connectivity index (χ1v) is 10.3. The monoisotopic (exact) mass is 571 g/mol. The van der Waals surface area contributed by atoms with Crippen molar-refractivity contribution in [3.8, 4) is 17.2 Å². The Kier molecular flexibility index (Phi) is 10.9. The molecule has 3 aromatic rings. The molecule has 2 N–H and O–H groups in total. The molecule has 0 aliphatic rings. The fourth-order valence-corrected chi connectivity index (χ4v) is 3.13. The zero-order chi connectivity index (χ0) is 22.8. The van der Waals surface area contributed by atoms with Crippen LogP contribution in [0.1, 0.15) is 18.1 Å². The Bertz CT molecular complexity index is 1020. The summed E-state index contributed by atoms with van der Waals surface area (Å²) in [5.74, 6) is 0.858. The van der Waals surface area contributed by atoms with E-state index in [0.29, 0.717) is 24.7 Å². The third-order valence-electron chi connectivity index (χ3n) is 4.60. The predicted molar refractivity (Wildman–Crippen MR) is 135 cm³/mol. The van der Waals surface area contributed by atoms with Crippen LogP contribution >= 0.6 is 24.0 Å². The summed E-state index contributed by atoms with van der Waals surface area (Å²) in [7, 11) is 1.65. The van der Waals surface area contributed by atoms with Crippen LogP contribution in [0.15, 0.2) is 65.9 Å². The smallest absolute Gasteiger partial charge is 0.387 e. The highest BCUT2D eigenvalue weighted by molar-refractivity contribution is 14.0. The van der Waals surface area contributed by atoms with E-state index in [1.165, 1.54) is 0 Å². The molecule has 0 aliphatic carbocycles. The Hall–Kier alpha value is -2.89. The molecule has 7 nitrogen and oxygen atoms in total. The largest absolute Gasteiger partial charge is 0.490 e. The Morgan fingerprint density at radius 2 is 1.91 bits per heavy atom. The maximum atomic E-state index is 12.9. The number of aromatic nitrogens is 2. The minimum Gasteiger partial charge on any atom is -0.490 e. The van der Waals surface area contributed by atoms with E-state index < -0.39 is 6.61 Å².